The number of hydrogen-bond acceptors (Lipinski definition) is 1. The van der Waals surface area contributed by atoms with E-state index >= 15 is 0 Å². The van der Waals surface area contributed by atoms with Crippen LogP contribution < -0.4 is 5.32 Å². The molecule has 0 aliphatic carbocycles. The Hall–Kier alpha value is -0.820. The highest BCUT2D eigenvalue weighted by Gasteiger charge is 2.18. The highest BCUT2D eigenvalue weighted by molar-refractivity contribution is 5.31. The first-order chi connectivity index (χ1) is 7.65. The van der Waals surface area contributed by atoms with Gasteiger partial charge >= 0.3 is 0 Å². The first-order valence-electron chi connectivity index (χ1n) is 6.47. The van der Waals surface area contributed by atoms with Crippen molar-refractivity contribution < 1.29 is 0 Å². The number of rotatable bonds is 2. The summed E-state index contributed by atoms with van der Waals surface area (Å²) in [4.78, 5) is 0. The fraction of sp³-hybridized carbons (Fsp3) is 0.600. The van der Waals surface area contributed by atoms with Crippen molar-refractivity contribution >= 4 is 0 Å². The number of hydrogen-bond donors (Lipinski definition) is 1. The molecular weight excluding hydrogens is 194 g/mol. The molecule has 0 radical (unpaired) electrons. The van der Waals surface area contributed by atoms with Gasteiger partial charge in [-0.05, 0) is 51.2 Å². The molecule has 0 saturated carbocycles. The standard InChI is InChI=1S/C15H23N/c1-11-7-8-12(2)14(9-11)10-15-6-4-5-13(3)16-15/h7-9,13,15-16H,4-6,10H2,1-3H3. The van der Waals surface area contributed by atoms with E-state index in [0.29, 0.717) is 12.1 Å². The molecular formula is C15H23N. The van der Waals surface area contributed by atoms with Gasteiger partial charge in [0.1, 0.15) is 0 Å². The Kier molecular flexibility index (Phi) is 3.65. The molecule has 1 aliphatic rings. The van der Waals surface area contributed by atoms with Crippen molar-refractivity contribution in [3.63, 3.8) is 0 Å². The maximum absolute atomic E-state index is 3.71. The first-order valence-corrected chi connectivity index (χ1v) is 6.47. The molecule has 1 aromatic carbocycles. The number of piperidine rings is 1. The van der Waals surface area contributed by atoms with E-state index in [9.17, 15) is 0 Å². The van der Waals surface area contributed by atoms with E-state index < -0.39 is 0 Å². The zero-order valence-corrected chi connectivity index (χ0v) is 10.7. The smallest absolute Gasteiger partial charge is 0.0110 e. The molecule has 1 heterocycles. The third-order valence-electron chi connectivity index (χ3n) is 3.68. The second kappa shape index (κ2) is 5.01. The molecule has 0 spiro atoms. The Morgan fingerprint density at radius 2 is 2.06 bits per heavy atom. The second-order valence-electron chi connectivity index (χ2n) is 5.33. The lowest BCUT2D eigenvalue weighted by Gasteiger charge is -2.29. The zero-order chi connectivity index (χ0) is 11.5. The topological polar surface area (TPSA) is 12.0 Å². The highest BCUT2D eigenvalue weighted by Crippen LogP contribution is 2.19. The Morgan fingerprint density at radius 1 is 1.25 bits per heavy atom. The Balaban J connectivity index is 2.05. The third kappa shape index (κ3) is 2.85. The Morgan fingerprint density at radius 3 is 2.81 bits per heavy atom. The third-order valence-corrected chi connectivity index (χ3v) is 3.68. The van der Waals surface area contributed by atoms with E-state index in [1.807, 2.05) is 0 Å². The van der Waals surface area contributed by atoms with Crippen LogP contribution in [0.4, 0.5) is 0 Å². The summed E-state index contributed by atoms with van der Waals surface area (Å²) in [6.45, 7) is 6.70. The van der Waals surface area contributed by atoms with Crippen molar-refractivity contribution in [1.29, 1.82) is 0 Å². The van der Waals surface area contributed by atoms with Crippen molar-refractivity contribution in [3.8, 4) is 0 Å². The lowest BCUT2D eigenvalue weighted by Crippen LogP contribution is -2.41. The second-order valence-corrected chi connectivity index (χ2v) is 5.33. The van der Waals surface area contributed by atoms with Crippen LogP contribution in [-0.2, 0) is 6.42 Å². The van der Waals surface area contributed by atoms with Gasteiger partial charge in [0.15, 0.2) is 0 Å². The van der Waals surface area contributed by atoms with Gasteiger partial charge in [-0.25, -0.2) is 0 Å². The summed E-state index contributed by atoms with van der Waals surface area (Å²) in [7, 11) is 0. The molecule has 0 bridgehead atoms. The monoisotopic (exact) mass is 217 g/mol. The summed E-state index contributed by atoms with van der Waals surface area (Å²) >= 11 is 0. The fourth-order valence-corrected chi connectivity index (χ4v) is 2.69. The van der Waals surface area contributed by atoms with E-state index in [4.69, 9.17) is 0 Å². The van der Waals surface area contributed by atoms with Gasteiger partial charge in [0.25, 0.3) is 0 Å². The summed E-state index contributed by atoms with van der Waals surface area (Å²) in [5.74, 6) is 0. The maximum atomic E-state index is 3.71. The quantitative estimate of drug-likeness (QED) is 0.801. The largest absolute Gasteiger partial charge is 0.311 e. The number of aryl methyl sites for hydroxylation is 2. The zero-order valence-electron chi connectivity index (χ0n) is 10.7. The van der Waals surface area contributed by atoms with Gasteiger partial charge in [-0.2, -0.15) is 0 Å². The van der Waals surface area contributed by atoms with E-state index in [1.54, 1.807) is 0 Å². The van der Waals surface area contributed by atoms with Crippen LogP contribution >= 0.6 is 0 Å². The van der Waals surface area contributed by atoms with Gasteiger partial charge in [-0.3, -0.25) is 0 Å². The van der Waals surface area contributed by atoms with Crippen LogP contribution in [-0.4, -0.2) is 12.1 Å². The molecule has 2 unspecified atom stereocenters. The minimum Gasteiger partial charge on any atom is -0.311 e. The normalized spacial score (nSPS) is 25.7. The minimum atomic E-state index is 0.684. The van der Waals surface area contributed by atoms with E-state index in [-0.39, 0.29) is 0 Å². The SMILES string of the molecule is Cc1ccc(C)c(CC2CCCC(C)N2)c1. The Labute approximate surface area is 99.3 Å². The van der Waals surface area contributed by atoms with Crippen molar-refractivity contribution in [3.05, 3.63) is 34.9 Å². The van der Waals surface area contributed by atoms with Crippen molar-refractivity contribution in [2.45, 2.75) is 58.5 Å². The van der Waals surface area contributed by atoms with Crippen LogP contribution in [0.15, 0.2) is 18.2 Å². The lowest BCUT2D eigenvalue weighted by molar-refractivity contribution is 0.333. The first kappa shape index (κ1) is 11.7. The van der Waals surface area contributed by atoms with Gasteiger partial charge in [-0.1, -0.05) is 30.2 Å². The molecule has 1 saturated heterocycles. The molecule has 0 amide bonds. The molecule has 2 rings (SSSR count). The molecule has 1 heteroatoms. The molecule has 1 nitrogen and oxygen atoms in total. The van der Waals surface area contributed by atoms with Crippen LogP contribution in [0.3, 0.4) is 0 Å². The average Bonchev–Trinajstić information content (AvgIpc) is 2.24. The van der Waals surface area contributed by atoms with Crippen LogP contribution in [0, 0.1) is 13.8 Å². The average molecular weight is 217 g/mol. The Bertz CT molecular complexity index is 356. The maximum Gasteiger partial charge on any atom is 0.0110 e. The molecule has 1 aromatic rings. The summed E-state index contributed by atoms with van der Waals surface area (Å²) in [6, 6.07) is 8.18. The van der Waals surface area contributed by atoms with Gasteiger partial charge in [-0.15, -0.1) is 0 Å². The lowest BCUT2D eigenvalue weighted by atomic mass is 9.92. The van der Waals surface area contributed by atoms with Crippen LogP contribution in [0.5, 0.6) is 0 Å². The fourth-order valence-electron chi connectivity index (χ4n) is 2.69. The molecule has 1 fully saturated rings. The van der Waals surface area contributed by atoms with Crippen molar-refractivity contribution in [2.24, 2.45) is 0 Å². The highest BCUT2D eigenvalue weighted by atomic mass is 15.0. The predicted molar refractivity (Wildman–Crippen MR) is 69.9 cm³/mol. The molecule has 2 atom stereocenters. The van der Waals surface area contributed by atoms with Gasteiger partial charge in [0.2, 0.25) is 0 Å². The molecule has 1 N–H and O–H groups in total. The summed E-state index contributed by atoms with van der Waals surface area (Å²) in [5.41, 5.74) is 4.33. The predicted octanol–water partition coefficient (Wildman–Crippen LogP) is 3.38. The number of benzene rings is 1. The summed E-state index contributed by atoms with van der Waals surface area (Å²) < 4.78 is 0. The molecule has 88 valence electrons. The van der Waals surface area contributed by atoms with E-state index in [1.165, 1.54) is 42.4 Å². The van der Waals surface area contributed by atoms with Crippen LogP contribution in [0.1, 0.15) is 42.9 Å². The number of nitrogens with one attached hydrogen (secondary N) is 1. The van der Waals surface area contributed by atoms with Crippen LogP contribution in [0.25, 0.3) is 0 Å². The van der Waals surface area contributed by atoms with Crippen molar-refractivity contribution in [1.82, 2.24) is 5.32 Å². The molecule has 1 aliphatic heterocycles. The van der Waals surface area contributed by atoms with Gasteiger partial charge in [0.05, 0.1) is 0 Å². The van der Waals surface area contributed by atoms with E-state index in [0.717, 1.165) is 0 Å². The van der Waals surface area contributed by atoms with Crippen LogP contribution in [0.2, 0.25) is 0 Å². The van der Waals surface area contributed by atoms with Gasteiger partial charge < -0.3 is 5.32 Å². The molecule has 0 aromatic heterocycles. The summed E-state index contributed by atoms with van der Waals surface area (Å²) in [6.07, 6.45) is 5.24. The molecule has 16 heavy (non-hydrogen) atoms. The summed E-state index contributed by atoms with van der Waals surface area (Å²) in [5, 5.41) is 3.71. The van der Waals surface area contributed by atoms with E-state index in [2.05, 4.69) is 44.3 Å². The van der Waals surface area contributed by atoms with Gasteiger partial charge in [0, 0.05) is 12.1 Å². The minimum absolute atomic E-state index is 0.684. The van der Waals surface area contributed by atoms with Crippen molar-refractivity contribution in [2.75, 3.05) is 0 Å².